The minimum Gasteiger partial charge on any atom is -0.386 e. The minimum atomic E-state index is -1.70. The zero-order valence-corrected chi connectivity index (χ0v) is 14.4. The molecule has 1 fully saturated rings. The van der Waals surface area contributed by atoms with Crippen LogP contribution in [-0.4, -0.2) is 41.9 Å². The Bertz CT molecular complexity index is 579. The van der Waals surface area contributed by atoms with Gasteiger partial charge < -0.3 is 9.84 Å². The van der Waals surface area contributed by atoms with Gasteiger partial charge in [0.05, 0.1) is 35.2 Å². The Morgan fingerprint density at radius 2 is 1.91 bits per heavy atom. The zero-order valence-electron chi connectivity index (χ0n) is 12.8. The van der Waals surface area contributed by atoms with E-state index >= 15 is 0 Å². The lowest BCUT2D eigenvalue weighted by molar-refractivity contribution is -0.114. The van der Waals surface area contributed by atoms with Crippen molar-refractivity contribution in [2.75, 3.05) is 7.11 Å². The van der Waals surface area contributed by atoms with Gasteiger partial charge in [-0.15, -0.1) is 0 Å². The summed E-state index contributed by atoms with van der Waals surface area (Å²) in [4.78, 5) is 0. The number of halogens is 1. The molecule has 22 heavy (non-hydrogen) atoms. The van der Waals surface area contributed by atoms with Crippen LogP contribution in [-0.2, 0) is 16.8 Å². The predicted octanol–water partition coefficient (Wildman–Crippen LogP) is 2.35. The van der Waals surface area contributed by atoms with Gasteiger partial charge in [-0.3, -0.25) is 0 Å². The van der Waals surface area contributed by atoms with Crippen LogP contribution in [0.4, 0.5) is 0 Å². The Balaban J connectivity index is 2.09. The fourth-order valence-corrected chi connectivity index (χ4v) is 4.79. The second-order valence-electron chi connectivity index (χ2n) is 6.84. The molecule has 1 spiro atoms. The van der Waals surface area contributed by atoms with Crippen molar-refractivity contribution in [2.45, 2.75) is 48.9 Å². The monoisotopic (exact) mass is 354 g/mol. The molecule has 1 unspecified atom stereocenters. The van der Waals surface area contributed by atoms with Crippen molar-refractivity contribution in [1.29, 1.82) is 0 Å². The van der Waals surface area contributed by atoms with Gasteiger partial charge in [0.1, 0.15) is 0 Å². The maximum atomic E-state index is 11.6. The number of benzene rings is 1. The van der Waals surface area contributed by atoms with E-state index in [-0.39, 0.29) is 6.10 Å². The average Bonchev–Trinajstić information content (AvgIpc) is 2.70. The topological polar surface area (TPSA) is 29.5 Å². The van der Waals surface area contributed by atoms with Gasteiger partial charge in [-0.25, -0.2) is 0 Å². The van der Waals surface area contributed by atoms with Gasteiger partial charge >= 0.3 is 0 Å². The fraction of sp³-hybridized carbons (Fsp3) is 0.625. The van der Waals surface area contributed by atoms with E-state index in [2.05, 4.69) is 15.9 Å². The van der Waals surface area contributed by atoms with Gasteiger partial charge in [0.25, 0.3) is 0 Å². The molecule has 1 saturated carbocycles. The van der Waals surface area contributed by atoms with Gasteiger partial charge in [0.2, 0.25) is 0 Å². The third-order valence-electron chi connectivity index (χ3n) is 5.61. The SMILES string of the molecule is [B]C([B])([B])C1(O)c2cc(Br)ccc2CC12CCC(OC)CC2. The van der Waals surface area contributed by atoms with E-state index in [4.69, 9.17) is 28.3 Å². The Hall–Kier alpha value is -0.185. The molecule has 3 rings (SSSR count). The summed E-state index contributed by atoms with van der Waals surface area (Å²) < 4.78 is 6.35. The lowest BCUT2D eigenvalue weighted by Crippen LogP contribution is -2.54. The van der Waals surface area contributed by atoms with Crippen LogP contribution >= 0.6 is 15.9 Å². The normalized spacial score (nSPS) is 34.8. The van der Waals surface area contributed by atoms with E-state index in [1.54, 1.807) is 7.11 Å². The van der Waals surface area contributed by atoms with E-state index in [0.717, 1.165) is 47.7 Å². The van der Waals surface area contributed by atoms with Crippen molar-refractivity contribution < 1.29 is 9.84 Å². The Kier molecular flexibility index (Phi) is 4.11. The molecular weight excluding hydrogens is 337 g/mol. The molecule has 110 valence electrons. The first-order chi connectivity index (χ1) is 10.2. The molecule has 0 aromatic heterocycles. The lowest BCUT2D eigenvalue weighted by atomic mass is 9.31. The molecule has 6 radical (unpaired) electrons. The summed E-state index contributed by atoms with van der Waals surface area (Å²) in [6.07, 6.45) is 4.32. The maximum absolute atomic E-state index is 11.6. The largest absolute Gasteiger partial charge is 0.386 e. The van der Waals surface area contributed by atoms with Crippen LogP contribution in [0.5, 0.6) is 0 Å². The van der Waals surface area contributed by atoms with E-state index in [0.29, 0.717) is 0 Å². The van der Waals surface area contributed by atoms with Crippen LogP contribution in [0.25, 0.3) is 0 Å². The highest BCUT2D eigenvalue weighted by Gasteiger charge is 2.61. The first-order valence-electron chi connectivity index (χ1n) is 7.64. The van der Waals surface area contributed by atoms with E-state index in [1.165, 1.54) is 0 Å². The molecular formula is C16H18B3BrO2. The highest BCUT2D eigenvalue weighted by Crippen LogP contribution is 2.64. The van der Waals surface area contributed by atoms with Crippen LogP contribution in [0.1, 0.15) is 36.8 Å². The second kappa shape index (κ2) is 5.42. The number of rotatable bonds is 2. The molecule has 0 aliphatic heterocycles. The predicted molar refractivity (Wildman–Crippen MR) is 93.4 cm³/mol. The Labute approximate surface area is 144 Å². The Morgan fingerprint density at radius 3 is 2.45 bits per heavy atom. The van der Waals surface area contributed by atoms with Gasteiger partial charge in [-0.2, -0.15) is 0 Å². The molecule has 2 aliphatic rings. The maximum Gasteiger partial charge on any atom is 0.0791 e. The summed E-state index contributed by atoms with van der Waals surface area (Å²) in [5.41, 5.74) is -0.0427. The first kappa shape index (κ1) is 16.7. The summed E-state index contributed by atoms with van der Waals surface area (Å²) in [5.74, 6) is 0. The van der Waals surface area contributed by atoms with Gasteiger partial charge in [0.15, 0.2) is 0 Å². The summed E-state index contributed by atoms with van der Waals surface area (Å²) in [7, 11) is 19.9. The van der Waals surface area contributed by atoms with Crippen LogP contribution in [0.2, 0.25) is 5.11 Å². The van der Waals surface area contributed by atoms with E-state index < -0.39 is 16.1 Å². The molecule has 2 nitrogen and oxygen atoms in total. The van der Waals surface area contributed by atoms with Gasteiger partial charge in [0, 0.05) is 17.0 Å². The number of ether oxygens (including phenoxy) is 1. The molecule has 0 saturated heterocycles. The number of fused-ring (bicyclic) bond motifs is 1. The quantitative estimate of drug-likeness (QED) is 0.826. The molecule has 1 aromatic carbocycles. The smallest absolute Gasteiger partial charge is 0.0791 e. The third-order valence-corrected chi connectivity index (χ3v) is 6.10. The Morgan fingerprint density at radius 1 is 1.27 bits per heavy atom. The van der Waals surface area contributed by atoms with E-state index in [9.17, 15) is 5.11 Å². The summed E-state index contributed by atoms with van der Waals surface area (Å²) >= 11 is 3.46. The fourth-order valence-electron chi connectivity index (χ4n) is 4.43. The number of hydrogen-bond acceptors (Lipinski definition) is 2. The van der Waals surface area contributed by atoms with Crippen LogP contribution in [0.15, 0.2) is 22.7 Å². The first-order valence-corrected chi connectivity index (χ1v) is 8.43. The molecule has 1 aromatic rings. The standard InChI is InChI=1S/C16H18B3BrO2/c1-22-12-4-6-14(7-5-12)9-10-2-3-11(20)8-13(10)15(14,21)16(17,18)19/h2-3,8,12,21H,4-7,9H2,1H3. The average molecular weight is 355 g/mol. The number of methoxy groups -OCH3 is 1. The molecule has 1 N–H and O–H groups in total. The summed E-state index contributed by atoms with van der Waals surface area (Å²) in [5, 5.41) is 9.91. The third kappa shape index (κ3) is 2.25. The van der Waals surface area contributed by atoms with Crippen molar-refractivity contribution in [3.8, 4) is 0 Å². The van der Waals surface area contributed by atoms with Crippen LogP contribution in [0, 0.1) is 5.41 Å². The summed E-state index contributed by atoms with van der Waals surface area (Å²) in [6.45, 7) is 0. The van der Waals surface area contributed by atoms with Crippen molar-refractivity contribution in [2.24, 2.45) is 5.41 Å². The zero-order chi connectivity index (χ0) is 16.2. The molecule has 1 atom stereocenters. The lowest BCUT2D eigenvalue weighted by Gasteiger charge is -2.54. The minimum absolute atomic E-state index is 0.230. The van der Waals surface area contributed by atoms with Crippen LogP contribution in [0.3, 0.4) is 0 Å². The van der Waals surface area contributed by atoms with E-state index in [1.807, 2.05) is 18.2 Å². The highest BCUT2D eigenvalue weighted by molar-refractivity contribution is 9.10. The number of hydrogen-bond donors (Lipinski definition) is 1. The van der Waals surface area contributed by atoms with Crippen LogP contribution < -0.4 is 0 Å². The van der Waals surface area contributed by atoms with Crippen molar-refractivity contribution >= 4 is 39.5 Å². The van der Waals surface area contributed by atoms with Crippen molar-refractivity contribution in [1.82, 2.24) is 0 Å². The molecule has 0 amide bonds. The highest BCUT2D eigenvalue weighted by atomic mass is 79.9. The molecule has 2 aliphatic carbocycles. The van der Waals surface area contributed by atoms with Gasteiger partial charge in [-0.1, -0.05) is 27.1 Å². The summed E-state index contributed by atoms with van der Waals surface area (Å²) in [6, 6.07) is 5.89. The van der Waals surface area contributed by atoms with Crippen molar-refractivity contribution in [3.05, 3.63) is 33.8 Å². The molecule has 6 heteroatoms. The molecule has 0 heterocycles. The number of aliphatic hydroxyl groups is 1. The van der Waals surface area contributed by atoms with Gasteiger partial charge in [-0.05, 0) is 55.4 Å². The second-order valence-corrected chi connectivity index (χ2v) is 7.75. The molecule has 0 bridgehead atoms. The van der Waals surface area contributed by atoms with Crippen molar-refractivity contribution in [3.63, 3.8) is 0 Å².